The van der Waals surface area contributed by atoms with E-state index >= 15 is 0 Å². The molecule has 1 fully saturated rings. The minimum Gasteiger partial charge on any atom is -0.365 e. The summed E-state index contributed by atoms with van der Waals surface area (Å²) < 4.78 is 0. The topological polar surface area (TPSA) is 15.3 Å². The third-order valence-electron chi connectivity index (χ3n) is 4.53. The molecule has 2 nitrogen and oxygen atoms in total. The molecule has 1 unspecified atom stereocenters. The number of piperazine rings is 1. The fraction of sp³-hybridized carbons (Fsp3) is 0.625. The third kappa shape index (κ3) is 2.92. The molecule has 0 amide bonds. The average molecular weight is 278 g/mol. The van der Waals surface area contributed by atoms with Crippen molar-refractivity contribution >= 4 is 17.4 Å². The molecule has 0 saturated carbocycles. The molecular formula is C16H26N2S. The predicted octanol–water partition coefficient (Wildman–Crippen LogP) is 3.77. The fourth-order valence-corrected chi connectivity index (χ4v) is 3.53. The lowest BCUT2D eigenvalue weighted by Crippen LogP contribution is -2.63. The maximum absolute atomic E-state index is 3.77. The van der Waals surface area contributed by atoms with Crippen molar-refractivity contribution in [1.82, 2.24) is 5.32 Å². The van der Waals surface area contributed by atoms with Crippen LogP contribution in [0.15, 0.2) is 29.2 Å². The Kier molecular flexibility index (Phi) is 4.80. The summed E-state index contributed by atoms with van der Waals surface area (Å²) in [5.41, 5.74) is 1.67. The molecule has 0 aromatic heterocycles. The zero-order valence-corrected chi connectivity index (χ0v) is 13.4. The van der Waals surface area contributed by atoms with E-state index in [1.54, 1.807) is 0 Å². The predicted molar refractivity (Wildman–Crippen MR) is 86.3 cm³/mol. The van der Waals surface area contributed by atoms with Gasteiger partial charge < -0.3 is 10.2 Å². The molecule has 1 aliphatic rings. The number of hydrogen-bond acceptors (Lipinski definition) is 3. The lowest BCUT2D eigenvalue weighted by molar-refractivity contribution is 0.253. The Morgan fingerprint density at radius 1 is 1.32 bits per heavy atom. The van der Waals surface area contributed by atoms with Crippen molar-refractivity contribution in [2.24, 2.45) is 0 Å². The van der Waals surface area contributed by atoms with Crippen molar-refractivity contribution in [1.29, 1.82) is 0 Å². The van der Waals surface area contributed by atoms with Crippen LogP contribution in [0.2, 0.25) is 0 Å². The summed E-state index contributed by atoms with van der Waals surface area (Å²) in [7, 11) is 0. The first kappa shape index (κ1) is 14.7. The van der Waals surface area contributed by atoms with Crippen LogP contribution in [0.25, 0.3) is 0 Å². The number of nitrogens with zero attached hydrogens (tertiary/aromatic N) is 1. The molecule has 1 heterocycles. The average Bonchev–Trinajstić information content (AvgIpc) is 2.48. The van der Waals surface area contributed by atoms with Crippen molar-refractivity contribution in [3.8, 4) is 0 Å². The molecule has 106 valence electrons. The number of nitrogens with one attached hydrogen (secondary N) is 1. The van der Waals surface area contributed by atoms with Gasteiger partial charge in [-0.15, -0.1) is 11.8 Å². The van der Waals surface area contributed by atoms with E-state index in [0.717, 1.165) is 13.1 Å². The normalized spacial score (nSPS) is 22.5. The van der Waals surface area contributed by atoms with E-state index in [0.29, 0.717) is 6.04 Å². The van der Waals surface area contributed by atoms with Gasteiger partial charge in [-0.2, -0.15) is 0 Å². The lowest BCUT2D eigenvalue weighted by Gasteiger charge is -2.48. The van der Waals surface area contributed by atoms with Gasteiger partial charge in [0.05, 0.1) is 5.69 Å². The summed E-state index contributed by atoms with van der Waals surface area (Å²) in [6.45, 7) is 9.10. The highest BCUT2D eigenvalue weighted by atomic mass is 32.2. The van der Waals surface area contributed by atoms with E-state index in [9.17, 15) is 0 Å². The summed E-state index contributed by atoms with van der Waals surface area (Å²) in [6, 6.07) is 9.34. The first-order valence-electron chi connectivity index (χ1n) is 7.30. The van der Waals surface area contributed by atoms with Crippen LogP contribution in [0.3, 0.4) is 0 Å². The SMILES string of the molecule is CCC1(CC)CN(c2ccccc2SC)C(C)CN1. The van der Waals surface area contributed by atoms with E-state index < -0.39 is 0 Å². The minimum atomic E-state index is 0.276. The quantitative estimate of drug-likeness (QED) is 0.844. The molecule has 19 heavy (non-hydrogen) atoms. The highest BCUT2D eigenvalue weighted by molar-refractivity contribution is 7.98. The Hall–Kier alpha value is -0.670. The number of rotatable bonds is 4. The smallest absolute Gasteiger partial charge is 0.0507 e. The monoisotopic (exact) mass is 278 g/mol. The van der Waals surface area contributed by atoms with Gasteiger partial charge in [-0.3, -0.25) is 0 Å². The molecule has 1 aromatic rings. The van der Waals surface area contributed by atoms with Gasteiger partial charge in [0.25, 0.3) is 0 Å². The Morgan fingerprint density at radius 2 is 2.00 bits per heavy atom. The molecule has 0 aliphatic carbocycles. The first-order chi connectivity index (χ1) is 9.15. The molecule has 1 N–H and O–H groups in total. The summed E-state index contributed by atoms with van der Waals surface area (Å²) >= 11 is 1.84. The molecule has 0 bridgehead atoms. The van der Waals surface area contributed by atoms with Gasteiger partial charge in [-0.1, -0.05) is 26.0 Å². The van der Waals surface area contributed by atoms with Crippen LogP contribution in [0.4, 0.5) is 5.69 Å². The Balaban J connectivity index is 2.31. The van der Waals surface area contributed by atoms with Crippen molar-refractivity contribution in [2.45, 2.75) is 50.1 Å². The van der Waals surface area contributed by atoms with Gasteiger partial charge in [0.15, 0.2) is 0 Å². The van der Waals surface area contributed by atoms with Crippen molar-refractivity contribution in [3.63, 3.8) is 0 Å². The Morgan fingerprint density at radius 3 is 2.63 bits per heavy atom. The molecule has 1 aromatic carbocycles. The maximum atomic E-state index is 3.77. The molecule has 1 atom stereocenters. The van der Waals surface area contributed by atoms with Crippen LogP contribution in [-0.4, -0.2) is 30.9 Å². The van der Waals surface area contributed by atoms with E-state index in [4.69, 9.17) is 0 Å². The molecule has 1 saturated heterocycles. The summed E-state index contributed by atoms with van der Waals surface area (Å²) in [4.78, 5) is 3.98. The zero-order valence-electron chi connectivity index (χ0n) is 12.6. The second-order valence-corrected chi connectivity index (χ2v) is 6.37. The second-order valence-electron chi connectivity index (χ2n) is 5.52. The second kappa shape index (κ2) is 6.19. The van der Waals surface area contributed by atoms with Gasteiger partial charge in [-0.05, 0) is 38.2 Å². The van der Waals surface area contributed by atoms with Crippen molar-refractivity contribution in [2.75, 3.05) is 24.2 Å². The lowest BCUT2D eigenvalue weighted by atomic mass is 9.88. The number of para-hydroxylation sites is 1. The number of thioether (sulfide) groups is 1. The third-order valence-corrected chi connectivity index (χ3v) is 5.31. The summed E-state index contributed by atoms with van der Waals surface area (Å²) in [5, 5.41) is 3.77. The molecule has 0 radical (unpaired) electrons. The van der Waals surface area contributed by atoms with E-state index in [1.807, 2.05) is 11.8 Å². The van der Waals surface area contributed by atoms with Crippen molar-refractivity contribution < 1.29 is 0 Å². The molecule has 1 aliphatic heterocycles. The van der Waals surface area contributed by atoms with Crippen LogP contribution in [0, 0.1) is 0 Å². The molecule has 3 heteroatoms. The van der Waals surface area contributed by atoms with Crippen LogP contribution >= 0.6 is 11.8 Å². The highest BCUT2D eigenvalue weighted by Gasteiger charge is 2.35. The van der Waals surface area contributed by atoms with Crippen LogP contribution in [0.1, 0.15) is 33.6 Å². The molecule has 0 spiro atoms. The molecule has 2 rings (SSSR count). The summed E-state index contributed by atoms with van der Waals surface area (Å²) in [5.74, 6) is 0. The number of benzene rings is 1. The van der Waals surface area contributed by atoms with Crippen LogP contribution in [-0.2, 0) is 0 Å². The first-order valence-corrected chi connectivity index (χ1v) is 8.53. The van der Waals surface area contributed by atoms with Crippen molar-refractivity contribution in [3.05, 3.63) is 24.3 Å². The van der Waals surface area contributed by atoms with Gasteiger partial charge >= 0.3 is 0 Å². The zero-order chi connectivity index (χ0) is 13.9. The van der Waals surface area contributed by atoms with Gasteiger partial charge in [-0.25, -0.2) is 0 Å². The van der Waals surface area contributed by atoms with Crippen LogP contribution in [0.5, 0.6) is 0 Å². The highest BCUT2D eigenvalue weighted by Crippen LogP contribution is 2.33. The Labute approximate surface area is 122 Å². The largest absolute Gasteiger partial charge is 0.365 e. The fourth-order valence-electron chi connectivity index (χ4n) is 2.93. The molecular weight excluding hydrogens is 252 g/mol. The summed E-state index contributed by atoms with van der Waals surface area (Å²) in [6.07, 6.45) is 4.54. The number of anilines is 1. The van der Waals surface area contributed by atoms with Gasteiger partial charge in [0, 0.05) is 29.6 Å². The van der Waals surface area contributed by atoms with E-state index in [-0.39, 0.29) is 5.54 Å². The minimum absolute atomic E-state index is 0.276. The maximum Gasteiger partial charge on any atom is 0.0507 e. The number of hydrogen-bond donors (Lipinski definition) is 1. The van der Waals surface area contributed by atoms with Crippen LogP contribution < -0.4 is 10.2 Å². The Bertz CT molecular complexity index is 415. The standard InChI is InChI=1S/C16H26N2S/c1-5-16(6-2)12-18(13(3)11-17-16)14-9-7-8-10-15(14)19-4/h7-10,13,17H,5-6,11-12H2,1-4H3. The van der Waals surface area contributed by atoms with Gasteiger partial charge in [0.1, 0.15) is 0 Å². The van der Waals surface area contributed by atoms with Gasteiger partial charge in [0.2, 0.25) is 0 Å². The van der Waals surface area contributed by atoms with E-state index in [1.165, 1.54) is 23.4 Å². The van der Waals surface area contributed by atoms with E-state index in [2.05, 4.69) is 61.5 Å².